The summed E-state index contributed by atoms with van der Waals surface area (Å²) in [7, 11) is -0.207. The fraction of sp³-hybridized carbons (Fsp3) is 0.438. The molecule has 1 aromatic carbocycles. The van der Waals surface area contributed by atoms with Crippen molar-refractivity contribution in [2.45, 2.75) is 6.54 Å². The van der Waals surface area contributed by atoms with Crippen LogP contribution in [0.5, 0.6) is 0 Å². The van der Waals surface area contributed by atoms with Crippen molar-refractivity contribution < 1.29 is 12.9 Å². The van der Waals surface area contributed by atoms with Crippen LogP contribution in [0, 0.1) is 0 Å². The maximum Gasteiger partial charge on any atom is 0.281 e. The summed E-state index contributed by atoms with van der Waals surface area (Å²) in [6.07, 6.45) is 0. The van der Waals surface area contributed by atoms with E-state index < -0.39 is 10.2 Å². The molecule has 0 atom stereocenters. The highest BCUT2D eigenvalue weighted by atomic mass is 32.2. The van der Waals surface area contributed by atoms with Gasteiger partial charge in [0, 0.05) is 58.4 Å². The molecule has 0 saturated carbocycles. The van der Waals surface area contributed by atoms with Gasteiger partial charge in [0.25, 0.3) is 10.2 Å². The van der Waals surface area contributed by atoms with E-state index in [2.05, 4.69) is 10.1 Å². The van der Waals surface area contributed by atoms with Crippen molar-refractivity contribution >= 4 is 10.2 Å². The van der Waals surface area contributed by atoms with Crippen molar-refractivity contribution in [3.05, 3.63) is 42.1 Å². The van der Waals surface area contributed by atoms with E-state index in [9.17, 15) is 8.42 Å². The Kier molecular flexibility index (Phi) is 5.00. The van der Waals surface area contributed by atoms with E-state index in [1.54, 1.807) is 14.1 Å². The minimum Gasteiger partial charge on any atom is -0.356 e. The lowest BCUT2D eigenvalue weighted by molar-refractivity contribution is 0.173. The number of piperazine rings is 1. The first-order valence-electron chi connectivity index (χ1n) is 7.88. The summed E-state index contributed by atoms with van der Waals surface area (Å²) in [6, 6.07) is 11.8. The van der Waals surface area contributed by atoms with Crippen LogP contribution in [-0.2, 0) is 16.8 Å². The van der Waals surface area contributed by atoms with Gasteiger partial charge in [0.15, 0.2) is 5.76 Å². The van der Waals surface area contributed by atoms with Crippen LogP contribution in [0.3, 0.4) is 0 Å². The Hall–Kier alpha value is -1.74. The monoisotopic (exact) mass is 350 g/mol. The molecule has 130 valence electrons. The molecular formula is C16H22N4O3S. The lowest BCUT2D eigenvalue weighted by atomic mass is 10.1. The number of hydrogen-bond acceptors (Lipinski definition) is 5. The van der Waals surface area contributed by atoms with Gasteiger partial charge in [-0.05, 0) is 0 Å². The topological polar surface area (TPSA) is 69.9 Å². The van der Waals surface area contributed by atoms with Gasteiger partial charge in [-0.1, -0.05) is 35.5 Å². The molecule has 0 spiro atoms. The molecule has 3 rings (SSSR count). The van der Waals surface area contributed by atoms with E-state index in [4.69, 9.17) is 4.52 Å². The molecule has 1 fully saturated rings. The normalized spacial score (nSPS) is 17.5. The molecule has 7 nitrogen and oxygen atoms in total. The molecule has 8 heteroatoms. The Balaban J connectivity index is 1.58. The molecular weight excluding hydrogens is 328 g/mol. The quantitative estimate of drug-likeness (QED) is 0.812. The van der Waals surface area contributed by atoms with Gasteiger partial charge in [0.1, 0.15) is 0 Å². The maximum absolute atomic E-state index is 12.1. The van der Waals surface area contributed by atoms with E-state index in [-0.39, 0.29) is 0 Å². The van der Waals surface area contributed by atoms with E-state index in [0.29, 0.717) is 32.7 Å². The summed E-state index contributed by atoms with van der Waals surface area (Å²) >= 11 is 0. The van der Waals surface area contributed by atoms with E-state index in [0.717, 1.165) is 17.0 Å². The largest absolute Gasteiger partial charge is 0.356 e. The Morgan fingerprint density at radius 3 is 2.42 bits per heavy atom. The van der Waals surface area contributed by atoms with Crippen LogP contribution < -0.4 is 0 Å². The summed E-state index contributed by atoms with van der Waals surface area (Å²) in [5.74, 6) is 0.749. The molecule has 0 amide bonds. The number of benzene rings is 1. The minimum absolute atomic E-state index is 0.490. The molecule has 2 aromatic rings. The van der Waals surface area contributed by atoms with Crippen LogP contribution in [0.15, 0.2) is 40.9 Å². The SMILES string of the molecule is CN(C)S(=O)(=O)N1CCN(Cc2cc(-c3ccccc3)on2)CC1. The van der Waals surface area contributed by atoms with Crippen LogP contribution in [0.4, 0.5) is 0 Å². The lowest BCUT2D eigenvalue weighted by Gasteiger charge is -2.34. The van der Waals surface area contributed by atoms with Crippen molar-refractivity contribution in [3.8, 4) is 11.3 Å². The van der Waals surface area contributed by atoms with Crippen molar-refractivity contribution in [1.82, 2.24) is 18.7 Å². The zero-order valence-electron chi connectivity index (χ0n) is 13.9. The summed E-state index contributed by atoms with van der Waals surface area (Å²) in [5, 5.41) is 4.13. The second-order valence-corrected chi connectivity index (χ2v) is 8.16. The fourth-order valence-corrected chi connectivity index (χ4v) is 3.79. The van der Waals surface area contributed by atoms with Crippen molar-refractivity contribution in [2.24, 2.45) is 0 Å². The summed E-state index contributed by atoms with van der Waals surface area (Å²) in [6.45, 7) is 3.00. The predicted molar refractivity (Wildman–Crippen MR) is 91.4 cm³/mol. The smallest absolute Gasteiger partial charge is 0.281 e. The lowest BCUT2D eigenvalue weighted by Crippen LogP contribution is -2.51. The third kappa shape index (κ3) is 3.67. The van der Waals surface area contributed by atoms with Crippen LogP contribution >= 0.6 is 0 Å². The van der Waals surface area contributed by atoms with E-state index >= 15 is 0 Å². The van der Waals surface area contributed by atoms with Crippen LogP contribution in [0.25, 0.3) is 11.3 Å². The molecule has 0 unspecified atom stereocenters. The van der Waals surface area contributed by atoms with Gasteiger partial charge >= 0.3 is 0 Å². The minimum atomic E-state index is -3.32. The zero-order chi connectivity index (χ0) is 17.2. The number of rotatable bonds is 5. The van der Waals surface area contributed by atoms with Gasteiger partial charge in [-0.2, -0.15) is 17.0 Å². The maximum atomic E-state index is 12.1. The summed E-state index contributed by atoms with van der Waals surface area (Å²) < 4.78 is 32.4. The highest BCUT2D eigenvalue weighted by Gasteiger charge is 2.28. The van der Waals surface area contributed by atoms with Gasteiger partial charge in [-0.15, -0.1) is 0 Å². The highest BCUT2D eigenvalue weighted by molar-refractivity contribution is 7.86. The number of nitrogens with zero attached hydrogens (tertiary/aromatic N) is 4. The Bertz CT molecular complexity index is 766. The van der Waals surface area contributed by atoms with Crippen molar-refractivity contribution in [3.63, 3.8) is 0 Å². The standard InChI is InChI=1S/C16H22N4O3S/c1-18(2)24(21,22)20-10-8-19(9-11-20)13-15-12-16(23-17-15)14-6-4-3-5-7-14/h3-7,12H,8-11,13H2,1-2H3. The number of hydrogen-bond donors (Lipinski definition) is 0. The molecule has 0 N–H and O–H groups in total. The van der Waals surface area contributed by atoms with Crippen LogP contribution in [-0.4, -0.2) is 67.4 Å². The molecule has 24 heavy (non-hydrogen) atoms. The van der Waals surface area contributed by atoms with Gasteiger partial charge in [0.05, 0.1) is 5.69 Å². The Morgan fingerprint density at radius 1 is 1.12 bits per heavy atom. The molecule has 1 saturated heterocycles. The first-order chi connectivity index (χ1) is 11.5. The third-order valence-corrected chi connectivity index (χ3v) is 6.06. The molecule has 1 aromatic heterocycles. The third-order valence-electron chi connectivity index (χ3n) is 4.12. The molecule has 1 aliphatic rings. The van der Waals surface area contributed by atoms with Gasteiger partial charge < -0.3 is 4.52 Å². The zero-order valence-corrected chi connectivity index (χ0v) is 14.7. The van der Waals surface area contributed by atoms with Crippen LogP contribution in [0.1, 0.15) is 5.69 Å². The van der Waals surface area contributed by atoms with Gasteiger partial charge in [-0.3, -0.25) is 4.90 Å². The van der Waals surface area contributed by atoms with Gasteiger partial charge in [-0.25, -0.2) is 0 Å². The molecule has 0 radical (unpaired) electrons. The molecule has 0 bridgehead atoms. The molecule has 2 heterocycles. The van der Waals surface area contributed by atoms with Crippen molar-refractivity contribution in [1.29, 1.82) is 0 Å². The first-order valence-corrected chi connectivity index (χ1v) is 9.27. The fourth-order valence-electron chi connectivity index (χ4n) is 2.70. The molecule has 0 aliphatic carbocycles. The number of aromatic nitrogens is 1. The van der Waals surface area contributed by atoms with Crippen LogP contribution in [0.2, 0.25) is 0 Å². The Labute approximate surface area is 142 Å². The van der Waals surface area contributed by atoms with E-state index in [1.807, 2.05) is 36.4 Å². The first kappa shape index (κ1) is 17.1. The Morgan fingerprint density at radius 2 is 1.79 bits per heavy atom. The average molecular weight is 350 g/mol. The van der Waals surface area contributed by atoms with Gasteiger partial charge in [0.2, 0.25) is 0 Å². The molecule has 1 aliphatic heterocycles. The van der Waals surface area contributed by atoms with E-state index in [1.165, 1.54) is 8.61 Å². The second-order valence-electron chi connectivity index (χ2n) is 6.01. The summed E-state index contributed by atoms with van der Waals surface area (Å²) in [4.78, 5) is 2.19. The predicted octanol–water partition coefficient (Wildman–Crippen LogP) is 1.27. The van der Waals surface area contributed by atoms with Crippen molar-refractivity contribution in [2.75, 3.05) is 40.3 Å². The highest BCUT2D eigenvalue weighted by Crippen LogP contribution is 2.21. The average Bonchev–Trinajstić information content (AvgIpc) is 3.04. The summed E-state index contributed by atoms with van der Waals surface area (Å²) in [5.41, 5.74) is 1.86. The second kappa shape index (κ2) is 7.02.